The smallest absolute Gasteiger partial charge is 0.258 e. The van der Waals surface area contributed by atoms with Crippen molar-refractivity contribution in [2.45, 2.75) is 6.42 Å². The molecule has 0 atom stereocenters. The topological polar surface area (TPSA) is 68.9 Å². The first-order valence-corrected chi connectivity index (χ1v) is 8.25. The van der Waals surface area contributed by atoms with E-state index in [1.165, 1.54) is 17.7 Å². The SMILES string of the molecule is O=[N+]([O-])c1ccc(-c2nc(Cc3ccccc3)c3ccccc3n2)cc1. The van der Waals surface area contributed by atoms with Crippen LogP contribution < -0.4 is 0 Å². The van der Waals surface area contributed by atoms with Crippen molar-refractivity contribution in [1.29, 1.82) is 0 Å². The van der Waals surface area contributed by atoms with Crippen LogP contribution in [0.3, 0.4) is 0 Å². The van der Waals surface area contributed by atoms with Crippen molar-refractivity contribution in [3.05, 3.63) is 100 Å². The Kier molecular flexibility index (Phi) is 4.11. The fraction of sp³-hybridized carbons (Fsp3) is 0.0476. The van der Waals surface area contributed by atoms with Crippen LogP contribution in [0, 0.1) is 10.1 Å². The number of para-hydroxylation sites is 1. The molecule has 3 aromatic carbocycles. The maximum Gasteiger partial charge on any atom is 0.269 e. The molecule has 0 spiro atoms. The molecule has 1 aromatic heterocycles. The summed E-state index contributed by atoms with van der Waals surface area (Å²) in [7, 11) is 0. The molecular formula is C21H15N3O2. The molecule has 4 aromatic rings. The largest absolute Gasteiger partial charge is 0.269 e. The van der Waals surface area contributed by atoms with Crippen LogP contribution in [0.15, 0.2) is 78.9 Å². The van der Waals surface area contributed by atoms with Gasteiger partial charge in [0.1, 0.15) is 0 Å². The third-order valence-electron chi connectivity index (χ3n) is 4.23. The third kappa shape index (κ3) is 3.15. The van der Waals surface area contributed by atoms with Crippen molar-refractivity contribution < 1.29 is 4.92 Å². The van der Waals surface area contributed by atoms with Gasteiger partial charge in [-0.15, -0.1) is 0 Å². The fourth-order valence-corrected chi connectivity index (χ4v) is 2.93. The molecule has 0 saturated carbocycles. The Hall–Kier alpha value is -3.60. The summed E-state index contributed by atoms with van der Waals surface area (Å²) < 4.78 is 0. The van der Waals surface area contributed by atoms with Gasteiger partial charge in [-0.25, -0.2) is 9.97 Å². The number of rotatable bonds is 4. The molecule has 4 rings (SSSR count). The van der Waals surface area contributed by atoms with E-state index < -0.39 is 4.92 Å². The van der Waals surface area contributed by atoms with Gasteiger partial charge in [0.2, 0.25) is 0 Å². The summed E-state index contributed by atoms with van der Waals surface area (Å²) in [4.78, 5) is 19.8. The fourth-order valence-electron chi connectivity index (χ4n) is 2.93. The summed E-state index contributed by atoms with van der Waals surface area (Å²) in [6, 6.07) is 24.4. The Morgan fingerprint density at radius 1 is 0.808 bits per heavy atom. The second-order valence-electron chi connectivity index (χ2n) is 5.98. The molecule has 0 radical (unpaired) electrons. The van der Waals surface area contributed by atoms with Gasteiger partial charge in [-0.1, -0.05) is 48.5 Å². The van der Waals surface area contributed by atoms with Crippen molar-refractivity contribution in [2.24, 2.45) is 0 Å². The van der Waals surface area contributed by atoms with E-state index in [-0.39, 0.29) is 5.69 Å². The maximum atomic E-state index is 10.9. The number of hydrogen-bond donors (Lipinski definition) is 0. The Balaban J connectivity index is 1.82. The van der Waals surface area contributed by atoms with Crippen molar-refractivity contribution in [3.8, 4) is 11.4 Å². The number of nitrogens with zero attached hydrogens (tertiary/aromatic N) is 3. The van der Waals surface area contributed by atoms with Crippen LogP contribution in [0.4, 0.5) is 5.69 Å². The molecule has 0 aliphatic carbocycles. The van der Waals surface area contributed by atoms with Gasteiger partial charge in [0.15, 0.2) is 5.82 Å². The molecule has 0 aliphatic rings. The highest BCUT2D eigenvalue weighted by Gasteiger charge is 2.11. The standard InChI is InChI=1S/C21H15N3O2/c25-24(26)17-12-10-16(11-13-17)21-22-19-9-5-4-8-18(19)20(23-21)14-15-6-2-1-3-7-15/h1-13H,14H2. The average Bonchev–Trinajstić information content (AvgIpc) is 2.69. The zero-order chi connectivity index (χ0) is 17.9. The monoisotopic (exact) mass is 341 g/mol. The number of hydrogen-bond acceptors (Lipinski definition) is 4. The van der Waals surface area contributed by atoms with E-state index in [4.69, 9.17) is 4.98 Å². The lowest BCUT2D eigenvalue weighted by Crippen LogP contribution is -1.99. The summed E-state index contributed by atoms with van der Waals surface area (Å²) in [6.45, 7) is 0. The van der Waals surface area contributed by atoms with Gasteiger partial charge >= 0.3 is 0 Å². The van der Waals surface area contributed by atoms with Crippen LogP contribution >= 0.6 is 0 Å². The lowest BCUT2D eigenvalue weighted by Gasteiger charge is -2.09. The van der Waals surface area contributed by atoms with Crippen LogP contribution in [-0.4, -0.2) is 14.9 Å². The molecule has 0 saturated heterocycles. The Morgan fingerprint density at radius 3 is 2.23 bits per heavy atom. The number of nitro benzene ring substituents is 1. The predicted octanol–water partition coefficient (Wildman–Crippen LogP) is 4.80. The number of nitro groups is 1. The molecule has 0 amide bonds. The van der Waals surface area contributed by atoms with E-state index in [0.717, 1.165) is 22.2 Å². The van der Waals surface area contributed by atoms with E-state index in [2.05, 4.69) is 17.1 Å². The minimum Gasteiger partial charge on any atom is -0.258 e. The van der Waals surface area contributed by atoms with Crippen molar-refractivity contribution in [1.82, 2.24) is 9.97 Å². The first-order chi connectivity index (χ1) is 12.7. The van der Waals surface area contributed by atoms with Gasteiger partial charge in [0, 0.05) is 29.5 Å². The summed E-state index contributed by atoms with van der Waals surface area (Å²) >= 11 is 0. The molecule has 0 fully saturated rings. The Bertz CT molecular complexity index is 1080. The average molecular weight is 341 g/mol. The van der Waals surface area contributed by atoms with E-state index >= 15 is 0 Å². The molecule has 0 unspecified atom stereocenters. The number of fused-ring (bicyclic) bond motifs is 1. The van der Waals surface area contributed by atoms with Gasteiger partial charge in [0.25, 0.3) is 5.69 Å². The molecule has 0 aliphatic heterocycles. The lowest BCUT2D eigenvalue weighted by molar-refractivity contribution is -0.384. The van der Waals surface area contributed by atoms with E-state index in [1.807, 2.05) is 42.5 Å². The molecule has 126 valence electrons. The number of benzene rings is 3. The number of non-ortho nitro benzene ring substituents is 1. The van der Waals surface area contributed by atoms with Crippen LogP contribution in [0.2, 0.25) is 0 Å². The van der Waals surface area contributed by atoms with Crippen molar-refractivity contribution >= 4 is 16.6 Å². The highest BCUT2D eigenvalue weighted by molar-refractivity contribution is 5.83. The molecule has 26 heavy (non-hydrogen) atoms. The molecular weight excluding hydrogens is 326 g/mol. The molecule has 5 heteroatoms. The normalized spacial score (nSPS) is 10.8. The minimum absolute atomic E-state index is 0.0547. The molecule has 0 N–H and O–H groups in total. The van der Waals surface area contributed by atoms with Gasteiger partial charge in [-0.2, -0.15) is 0 Å². The van der Waals surface area contributed by atoms with Crippen LogP contribution in [-0.2, 0) is 6.42 Å². The molecule has 0 bridgehead atoms. The Labute approximate surface area is 150 Å². The summed E-state index contributed by atoms with van der Waals surface area (Å²) in [5.74, 6) is 0.574. The Morgan fingerprint density at radius 2 is 1.50 bits per heavy atom. The second kappa shape index (κ2) is 6.72. The highest BCUT2D eigenvalue weighted by Crippen LogP contribution is 2.25. The van der Waals surface area contributed by atoms with Gasteiger partial charge in [-0.3, -0.25) is 10.1 Å². The third-order valence-corrected chi connectivity index (χ3v) is 4.23. The quantitative estimate of drug-likeness (QED) is 0.395. The van der Waals surface area contributed by atoms with Crippen molar-refractivity contribution in [3.63, 3.8) is 0 Å². The second-order valence-corrected chi connectivity index (χ2v) is 5.98. The zero-order valence-corrected chi connectivity index (χ0v) is 13.9. The van der Waals surface area contributed by atoms with Crippen LogP contribution in [0.1, 0.15) is 11.3 Å². The van der Waals surface area contributed by atoms with Gasteiger partial charge in [0.05, 0.1) is 16.1 Å². The summed E-state index contributed by atoms with van der Waals surface area (Å²) in [5.41, 5.74) is 3.79. The van der Waals surface area contributed by atoms with E-state index in [9.17, 15) is 10.1 Å². The van der Waals surface area contributed by atoms with Crippen LogP contribution in [0.5, 0.6) is 0 Å². The van der Waals surface area contributed by atoms with Gasteiger partial charge in [-0.05, 0) is 23.8 Å². The first-order valence-electron chi connectivity index (χ1n) is 8.25. The predicted molar refractivity (Wildman–Crippen MR) is 101 cm³/mol. The van der Waals surface area contributed by atoms with Crippen LogP contribution in [0.25, 0.3) is 22.3 Å². The highest BCUT2D eigenvalue weighted by atomic mass is 16.6. The van der Waals surface area contributed by atoms with E-state index in [0.29, 0.717) is 12.2 Å². The first kappa shape index (κ1) is 15.9. The summed E-state index contributed by atoms with van der Waals surface area (Å²) in [6.07, 6.45) is 0.698. The lowest BCUT2D eigenvalue weighted by atomic mass is 10.0. The van der Waals surface area contributed by atoms with Gasteiger partial charge < -0.3 is 0 Å². The zero-order valence-electron chi connectivity index (χ0n) is 13.9. The minimum atomic E-state index is -0.411. The summed E-state index contributed by atoms with van der Waals surface area (Å²) in [5, 5.41) is 11.9. The van der Waals surface area contributed by atoms with E-state index in [1.54, 1.807) is 12.1 Å². The molecule has 1 heterocycles. The van der Waals surface area contributed by atoms with Crippen molar-refractivity contribution in [2.75, 3.05) is 0 Å². The molecule has 5 nitrogen and oxygen atoms in total. The number of aromatic nitrogens is 2. The maximum absolute atomic E-state index is 10.9.